The van der Waals surface area contributed by atoms with Gasteiger partial charge in [-0.1, -0.05) is 5.16 Å². The summed E-state index contributed by atoms with van der Waals surface area (Å²) in [5.41, 5.74) is -0.567. The minimum atomic E-state index is -3.76. The van der Waals surface area contributed by atoms with Crippen LogP contribution in [0, 0.1) is 5.82 Å². The Bertz CT molecular complexity index is 883. The van der Waals surface area contributed by atoms with Gasteiger partial charge in [-0.2, -0.15) is 4.31 Å². The first-order chi connectivity index (χ1) is 13.4. The summed E-state index contributed by atoms with van der Waals surface area (Å²) in [6, 6.07) is 4.71. The predicted molar refractivity (Wildman–Crippen MR) is 97.6 cm³/mol. The number of hydrogen-bond donors (Lipinski definition) is 1. The van der Waals surface area contributed by atoms with Crippen LogP contribution in [0.5, 0.6) is 0 Å². The van der Waals surface area contributed by atoms with Crippen LogP contribution in [0.25, 0.3) is 0 Å². The number of carbonyl (C=O) groups excluding carboxylic acids is 1. The first-order valence-corrected chi connectivity index (χ1v) is 10.7. The normalized spacial score (nSPS) is 27.8. The summed E-state index contributed by atoms with van der Waals surface area (Å²) in [5.74, 6) is -0.810. The van der Waals surface area contributed by atoms with Gasteiger partial charge in [-0.15, -0.1) is 0 Å². The number of hydrogen-bond acceptors (Lipinski definition) is 6. The summed E-state index contributed by atoms with van der Waals surface area (Å²) >= 11 is 0. The van der Waals surface area contributed by atoms with E-state index in [0.29, 0.717) is 19.6 Å². The van der Waals surface area contributed by atoms with Crippen LogP contribution in [0.15, 0.2) is 34.3 Å². The molecule has 0 radical (unpaired) electrons. The Hall–Kier alpha value is -2.04. The van der Waals surface area contributed by atoms with Crippen molar-refractivity contribution in [1.82, 2.24) is 9.62 Å². The molecular weight excluding hydrogens is 389 g/mol. The number of ether oxygens (including phenoxy) is 1. The van der Waals surface area contributed by atoms with Crippen molar-refractivity contribution in [3.63, 3.8) is 0 Å². The maximum atomic E-state index is 13.1. The third-order valence-corrected chi connectivity index (χ3v) is 7.21. The van der Waals surface area contributed by atoms with Gasteiger partial charge in [0.15, 0.2) is 5.60 Å². The molecule has 0 bridgehead atoms. The topological polar surface area (TPSA) is 97.3 Å². The third kappa shape index (κ3) is 3.76. The second-order valence-corrected chi connectivity index (χ2v) is 9.31. The van der Waals surface area contributed by atoms with E-state index in [1.54, 1.807) is 0 Å². The van der Waals surface area contributed by atoms with E-state index in [1.807, 2.05) is 0 Å². The minimum Gasteiger partial charge on any atom is -0.387 e. The van der Waals surface area contributed by atoms with Crippen LogP contribution >= 0.6 is 0 Å². The highest BCUT2D eigenvalue weighted by Gasteiger charge is 2.49. The lowest BCUT2D eigenvalue weighted by Crippen LogP contribution is -2.40. The van der Waals surface area contributed by atoms with Crippen molar-refractivity contribution < 1.29 is 27.2 Å². The van der Waals surface area contributed by atoms with Crippen molar-refractivity contribution in [3.05, 3.63) is 30.1 Å². The molecule has 4 rings (SSSR count). The van der Waals surface area contributed by atoms with Crippen LogP contribution in [0.3, 0.4) is 0 Å². The van der Waals surface area contributed by atoms with Gasteiger partial charge in [0.05, 0.1) is 17.5 Å². The molecule has 1 N–H and O–H groups in total. The minimum absolute atomic E-state index is 0.0272. The lowest BCUT2D eigenvalue weighted by molar-refractivity contribution is -0.115. The van der Waals surface area contributed by atoms with Gasteiger partial charge < -0.3 is 14.9 Å². The van der Waals surface area contributed by atoms with E-state index in [4.69, 9.17) is 9.57 Å². The molecule has 0 aromatic heterocycles. The van der Waals surface area contributed by atoms with Crippen molar-refractivity contribution in [2.45, 2.75) is 42.3 Å². The summed E-state index contributed by atoms with van der Waals surface area (Å²) in [7, 11) is -3.76. The van der Waals surface area contributed by atoms with Crippen LogP contribution < -0.4 is 5.32 Å². The van der Waals surface area contributed by atoms with Gasteiger partial charge in [-0.05, 0) is 37.1 Å². The highest BCUT2D eigenvalue weighted by atomic mass is 32.2. The van der Waals surface area contributed by atoms with Gasteiger partial charge in [0.2, 0.25) is 10.0 Å². The van der Waals surface area contributed by atoms with E-state index in [-0.39, 0.29) is 42.1 Å². The first-order valence-electron chi connectivity index (χ1n) is 9.29. The van der Waals surface area contributed by atoms with Gasteiger partial charge >= 0.3 is 0 Å². The van der Waals surface area contributed by atoms with E-state index in [2.05, 4.69) is 10.5 Å². The number of amides is 1. The fraction of sp³-hybridized carbons (Fsp3) is 0.556. The molecule has 0 aliphatic carbocycles. The summed E-state index contributed by atoms with van der Waals surface area (Å²) in [4.78, 5) is 17.9. The molecular formula is C18H22FN3O5S. The van der Waals surface area contributed by atoms with Crippen molar-refractivity contribution in [3.8, 4) is 0 Å². The fourth-order valence-electron chi connectivity index (χ4n) is 3.74. The van der Waals surface area contributed by atoms with Crippen LogP contribution in [-0.2, 0) is 24.4 Å². The number of halogens is 1. The molecule has 10 heteroatoms. The summed E-state index contributed by atoms with van der Waals surface area (Å²) in [6.45, 7) is 1.49. The molecule has 1 spiro atoms. The molecule has 2 fully saturated rings. The van der Waals surface area contributed by atoms with Gasteiger partial charge in [-0.3, -0.25) is 4.79 Å². The maximum Gasteiger partial charge on any atom is 0.269 e. The molecule has 0 saturated carbocycles. The predicted octanol–water partition coefficient (Wildman–Crippen LogP) is 1.03. The smallest absolute Gasteiger partial charge is 0.269 e. The van der Waals surface area contributed by atoms with Crippen molar-refractivity contribution in [2.75, 3.05) is 26.2 Å². The molecule has 1 amide bonds. The van der Waals surface area contributed by atoms with Crippen LogP contribution in [0.4, 0.5) is 4.39 Å². The summed E-state index contributed by atoms with van der Waals surface area (Å²) in [6.07, 6.45) is 2.62. The average molecular weight is 411 g/mol. The number of benzene rings is 1. The average Bonchev–Trinajstić information content (AvgIpc) is 3.42. The number of rotatable bonds is 5. The highest BCUT2D eigenvalue weighted by Crippen LogP contribution is 2.36. The zero-order valence-corrected chi connectivity index (χ0v) is 16.1. The van der Waals surface area contributed by atoms with E-state index in [0.717, 1.165) is 25.0 Å². The molecule has 8 nitrogen and oxygen atoms in total. The molecule has 3 aliphatic heterocycles. The lowest BCUT2D eigenvalue weighted by atomic mass is 9.96. The Morgan fingerprint density at radius 2 is 2.14 bits per heavy atom. The van der Waals surface area contributed by atoms with Crippen molar-refractivity contribution in [2.24, 2.45) is 5.16 Å². The van der Waals surface area contributed by atoms with Gasteiger partial charge in [0, 0.05) is 32.5 Å². The van der Waals surface area contributed by atoms with Crippen LogP contribution in [-0.4, -0.2) is 62.3 Å². The number of nitrogens with one attached hydrogen (secondary N) is 1. The second kappa shape index (κ2) is 7.41. The van der Waals surface area contributed by atoms with Crippen LogP contribution in [0.2, 0.25) is 0 Å². The van der Waals surface area contributed by atoms with Gasteiger partial charge in [0.1, 0.15) is 11.5 Å². The molecule has 3 aliphatic rings. The SMILES string of the molecule is O=C(NCC1CCCO1)C1=NOC2(CCN(S(=O)(=O)c3ccc(F)cc3)C2)C1. The van der Waals surface area contributed by atoms with Crippen molar-refractivity contribution in [1.29, 1.82) is 0 Å². The van der Waals surface area contributed by atoms with Gasteiger partial charge in [0.25, 0.3) is 5.91 Å². The zero-order chi connectivity index (χ0) is 19.8. The Balaban J connectivity index is 1.36. The number of sulfonamides is 1. The molecule has 152 valence electrons. The Labute approximate surface area is 162 Å². The summed E-state index contributed by atoms with van der Waals surface area (Å²) < 4.78 is 45.4. The van der Waals surface area contributed by atoms with E-state index in [9.17, 15) is 17.6 Å². The molecule has 2 unspecified atom stereocenters. The lowest BCUT2D eigenvalue weighted by Gasteiger charge is -2.21. The second-order valence-electron chi connectivity index (χ2n) is 7.38. The number of carbonyl (C=O) groups is 1. The maximum absolute atomic E-state index is 13.1. The third-order valence-electron chi connectivity index (χ3n) is 5.35. The van der Waals surface area contributed by atoms with Gasteiger partial charge in [-0.25, -0.2) is 12.8 Å². The zero-order valence-electron chi connectivity index (χ0n) is 15.3. The monoisotopic (exact) mass is 411 g/mol. The Morgan fingerprint density at radius 1 is 1.36 bits per heavy atom. The van der Waals surface area contributed by atoms with E-state index >= 15 is 0 Å². The molecule has 2 atom stereocenters. The van der Waals surface area contributed by atoms with Crippen molar-refractivity contribution >= 4 is 21.6 Å². The Kier molecular flexibility index (Phi) is 5.11. The fourth-order valence-corrected chi connectivity index (χ4v) is 5.26. The molecule has 1 aromatic rings. The molecule has 28 heavy (non-hydrogen) atoms. The summed E-state index contributed by atoms with van der Waals surface area (Å²) in [5, 5.41) is 6.71. The molecule has 1 aromatic carbocycles. The largest absolute Gasteiger partial charge is 0.387 e. The molecule has 2 saturated heterocycles. The highest BCUT2D eigenvalue weighted by molar-refractivity contribution is 7.89. The number of oxime groups is 1. The van der Waals surface area contributed by atoms with E-state index in [1.165, 1.54) is 16.4 Å². The first kappa shape index (κ1) is 19.3. The van der Waals surface area contributed by atoms with E-state index < -0.39 is 21.4 Å². The number of nitrogens with zero attached hydrogens (tertiary/aromatic N) is 2. The molecule has 3 heterocycles. The quantitative estimate of drug-likeness (QED) is 0.781. The Morgan fingerprint density at radius 3 is 2.86 bits per heavy atom. The van der Waals surface area contributed by atoms with Crippen LogP contribution in [0.1, 0.15) is 25.7 Å². The standard InChI is InChI=1S/C18H22FN3O5S/c19-13-3-5-15(6-4-13)28(24,25)22-8-7-18(12-22)10-16(21-27-18)17(23)20-11-14-2-1-9-26-14/h3-6,14H,1-2,7-12H2,(H,20,23).